The number of likely N-dealkylation sites (N-methyl/N-ethyl adjacent to an activating group) is 1. The number of nitrogens with zero attached hydrogens (tertiary/aromatic N) is 1. The minimum Gasteiger partial charge on any atom is -0.376 e. The van der Waals surface area contributed by atoms with Gasteiger partial charge in [0.1, 0.15) is 0 Å². The molecule has 0 radical (unpaired) electrons. The molecule has 25 heavy (non-hydrogen) atoms. The molecule has 0 unspecified atom stereocenters. The number of anilines is 3. The zero-order valence-corrected chi connectivity index (χ0v) is 15.3. The first-order valence-corrected chi connectivity index (χ1v) is 8.76. The number of rotatable bonds is 3. The summed E-state index contributed by atoms with van der Waals surface area (Å²) in [5, 5.41) is 3.18. The standard InChI is InChI=1S/C19H22N4OS/c1-22(2)12-18(24)23-16-6-4-3-5-13(16)7-8-14-9-10-15(11-17(14)23)21-19(20)25/h3-6,9-11H,7-8,12H2,1-2H3,(H3,20,21,25)/p+1. The summed E-state index contributed by atoms with van der Waals surface area (Å²) >= 11 is 4.94. The topological polar surface area (TPSA) is 62.8 Å². The Hall–Kier alpha value is -2.44. The molecule has 0 saturated carbocycles. The van der Waals surface area contributed by atoms with Gasteiger partial charge in [-0.05, 0) is 54.4 Å². The third-order valence-corrected chi connectivity index (χ3v) is 4.35. The lowest BCUT2D eigenvalue weighted by molar-refractivity contribution is -0.849. The summed E-state index contributed by atoms with van der Waals surface area (Å²) in [6.45, 7) is 0.417. The van der Waals surface area contributed by atoms with E-state index in [9.17, 15) is 4.79 Å². The first-order valence-electron chi connectivity index (χ1n) is 8.35. The molecule has 3 rings (SSSR count). The second-order valence-electron chi connectivity index (χ2n) is 6.57. The van der Waals surface area contributed by atoms with Gasteiger partial charge in [0.25, 0.3) is 5.91 Å². The maximum atomic E-state index is 13.1. The quantitative estimate of drug-likeness (QED) is 0.725. The average molecular weight is 355 g/mol. The third kappa shape index (κ3) is 3.81. The number of carbonyl (C=O) groups is 1. The van der Waals surface area contributed by atoms with E-state index in [1.807, 2.05) is 55.4 Å². The summed E-state index contributed by atoms with van der Waals surface area (Å²) in [6, 6.07) is 14.1. The largest absolute Gasteiger partial charge is 0.376 e. The number of fused-ring (bicyclic) bond motifs is 2. The van der Waals surface area contributed by atoms with Crippen LogP contribution in [0.3, 0.4) is 0 Å². The molecule has 0 fully saturated rings. The van der Waals surface area contributed by atoms with E-state index in [-0.39, 0.29) is 11.0 Å². The first kappa shape index (κ1) is 17.4. The number of hydrogen-bond acceptors (Lipinski definition) is 2. The van der Waals surface area contributed by atoms with E-state index in [1.165, 1.54) is 5.56 Å². The van der Waals surface area contributed by atoms with Crippen LogP contribution in [0.25, 0.3) is 0 Å². The highest BCUT2D eigenvalue weighted by molar-refractivity contribution is 7.80. The number of hydrogen-bond donors (Lipinski definition) is 3. The lowest BCUT2D eigenvalue weighted by Crippen LogP contribution is -3.07. The van der Waals surface area contributed by atoms with Crippen LogP contribution in [0.15, 0.2) is 42.5 Å². The van der Waals surface area contributed by atoms with Gasteiger partial charge in [0, 0.05) is 5.69 Å². The van der Waals surface area contributed by atoms with E-state index in [2.05, 4.69) is 11.4 Å². The van der Waals surface area contributed by atoms with Gasteiger partial charge >= 0.3 is 0 Å². The molecule has 0 saturated heterocycles. The van der Waals surface area contributed by atoms with Crippen molar-refractivity contribution in [1.82, 2.24) is 0 Å². The summed E-state index contributed by atoms with van der Waals surface area (Å²) < 4.78 is 0. The molecule has 1 aliphatic heterocycles. The molecule has 2 aromatic carbocycles. The second kappa shape index (κ2) is 7.21. The highest BCUT2D eigenvalue weighted by atomic mass is 32.1. The van der Waals surface area contributed by atoms with Crippen LogP contribution in [0.2, 0.25) is 0 Å². The number of nitrogens with two attached hydrogens (primary N) is 1. The van der Waals surface area contributed by atoms with E-state index in [0.29, 0.717) is 6.54 Å². The molecule has 0 atom stereocenters. The van der Waals surface area contributed by atoms with Gasteiger partial charge in [-0.1, -0.05) is 24.3 Å². The highest BCUT2D eigenvalue weighted by Crippen LogP contribution is 2.37. The summed E-state index contributed by atoms with van der Waals surface area (Å²) in [4.78, 5) is 16.0. The van der Waals surface area contributed by atoms with Crippen LogP contribution in [0.1, 0.15) is 11.1 Å². The fourth-order valence-electron chi connectivity index (χ4n) is 3.19. The van der Waals surface area contributed by atoms with E-state index < -0.39 is 0 Å². The SMILES string of the molecule is C[NH+](C)CC(=O)N1c2ccccc2CCc2ccc(NC(N)=S)cc21. The van der Waals surface area contributed by atoms with E-state index in [4.69, 9.17) is 18.0 Å². The average Bonchev–Trinajstić information content (AvgIpc) is 2.70. The Bertz CT molecular complexity index is 819. The number of amides is 1. The molecule has 0 bridgehead atoms. The lowest BCUT2D eigenvalue weighted by atomic mass is 10.0. The Kier molecular flexibility index (Phi) is 5.01. The minimum atomic E-state index is 0.0723. The van der Waals surface area contributed by atoms with Gasteiger partial charge in [0.2, 0.25) is 0 Å². The maximum Gasteiger partial charge on any atom is 0.286 e. The van der Waals surface area contributed by atoms with Crippen molar-refractivity contribution < 1.29 is 9.69 Å². The molecule has 1 aliphatic rings. The number of nitrogens with one attached hydrogen (secondary N) is 2. The van der Waals surface area contributed by atoms with Gasteiger partial charge in [0.15, 0.2) is 11.7 Å². The molecule has 1 heterocycles. The van der Waals surface area contributed by atoms with Crippen molar-refractivity contribution in [3.05, 3.63) is 53.6 Å². The van der Waals surface area contributed by atoms with Gasteiger partial charge in [-0.3, -0.25) is 9.69 Å². The van der Waals surface area contributed by atoms with Crippen molar-refractivity contribution in [1.29, 1.82) is 0 Å². The van der Waals surface area contributed by atoms with Crippen molar-refractivity contribution in [2.24, 2.45) is 5.73 Å². The van der Waals surface area contributed by atoms with Crippen LogP contribution >= 0.6 is 12.2 Å². The molecule has 0 spiro atoms. The van der Waals surface area contributed by atoms with Gasteiger partial charge in [-0.15, -0.1) is 0 Å². The summed E-state index contributed by atoms with van der Waals surface area (Å²) in [5.74, 6) is 0.0723. The van der Waals surface area contributed by atoms with Gasteiger partial charge in [0.05, 0.1) is 25.5 Å². The van der Waals surface area contributed by atoms with Crippen LogP contribution in [0.5, 0.6) is 0 Å². The fourth-order valence-corrected chi connectivity index (χ4v) is 3.31. The third-order valence-electron chi connectivity index (χ3n) is 4.24. The number of carbonyl (C=O) groups excluding carboxylic acids is 1. The molecule has 130 valence electrons. The Balaban J connectivity index is 2.13. The van der Waals surface area contributed by atoms with Crippen molar-refractivity contribution >= 4 is 40.3 Å². The number of thiocarbonyl (C=S) groups is 1. The minimum absolute atomic E-state index is 0.0723. The van der Waals surface area contributed by atoms with Crippen LogP contribution in [-0.2, 0) is 17.6 Å². The highest BCUT2D eigenvalue weighted by Gasteiger charge is 2.27. The van der Waals surface area contributed by atoms with Crippen LogP contribution in [0.4, 0.5) is 17.1 Å². The van der Waals surface area contributed by atoms with Crippen molar-refractivity contribution in [2.45, 2.75) is 12.8 Å². The van der Waals surface area contributed by atoms with Gasteiger partial charge in [-0.25, -0.2) is 0 Å². The van der Waals surface area contributed by atoms with Crippen LogP contribution in [-0.4, -0.2) is 31.7 Å². The molecular weight excluding hydrogens is 332 g/mol. The monoisotopic (exact) mass is 355 g/mol. The molecule has 4 N–H and O–H groups in total. The molecule has 6 heteroatoms. The molecule has 0 aliphatic carbocycles. The maximum absolute atomic E-state index is 13.1. The first-order chi connectivity index (χ1) is 12.0. The molecule has 0 aromatic heterocycles. The number of quaternary nitrogens is 1. The van der Waals surface area contributed by atoms with Crippen LogP contribution < -0.4 is 20.9 Å². The smallest absolute Gasteiger partial charge is 0.286 e. The molecule has 2 aromatic rings. The molecule has 1 amide bonds. The summed E-state index contributed by atoms with van der Waals surface area (Å²) in [5.41, 5.74) is 10.6. The van der Waals surface area contributed by atoms with Gasteiger partial charge < -0.3 is 16.0 Å². The fraction of sp³-hybridized carbons (Fsp3) is 0.263. The number of benzene rings is 2. The summed E-state index contributed by atoms with van der Waals surface area (Å²) in [6.07, 6.45) is 1.79. The Labute approximate surface area is 153 Å². The predicted molar refractivity (Wildman–Crippen MR) is 106 cm³/mol. The van der Waals surface area contributed by atoms with Gasteiger partial charge in [-0.2, -0.15) is 0 Å². The summed E-state index contributed by atoms with van der Waals surface area (Å²) in [7, 11) is 3.96. The zero-order valence-electron chi connectivity index (χ0n) is 14.5. The van der Waals surface area contributed by atoms with Crippen molar-refractivity contribution in [3.8, 4) is 0 Å². The zero-order chi connectivity index (χ0) is 18.0. The molecule has 5 nitrogen and oxygen atoms in total. The Morgan fingerprint density at radius 3 is 2.52 bits per heavy atom. The number of para-hydroxylation sites is 1. The Morgan fingerprint density at radius 1 is 1.16 bits per heavy atom. The van der Waals surface area contributed by atoms with Crippen molar-refractivity contribution in [2.75, 3.05) is 30.9 Å². The van der Waals surface area contributed by atoms with E-state index >= 15 is 0 Å². The number of aryl methyl sites for hydroxylation is 2. The predicted octanol–water partition coefficient (Wildman–Crippen LogP) is 1.25. The second-order valence-corrected chi connectivity index (χ2v) is 7.01. The van der Waals surface area contributed by atoms with E-state index in [0.717, 1.165) is 40.4 Å². The normalized spacial score (nSPS) is 13.0. The Morgan fingerprint density at radius 2 is 1.84 bits per heavy atom. The lowest BCUT2D eigenvalue weighted by Gasteiger charge is -2.26. The van der Waals surface area contributed by atoms with Crippen molar-refractivity contribution in [3.63, 3.8) is 0 Å². The van der Waals surface area contributed by atoms with Crippen LogP contribution in [0, 0.1) is 0 Å². The molecular formula is C19H23N4OS+. The van der Waals surface area contributed by atoms with E-state index in [1.54, 1.807) is 0 Å².